The molecule has 0 spiro atoms. The van der Waals surface area contributed by atoms with Crippen LogP contribution in [0.3, 0.4) is 0 Å². The van der Waals surface area contributed by atoms with Crippen molar-refractivity contribution in [2.45, 2.75) is 45.8 Å². The van der Waals surface area contributed by atoms with Gasteiger partial charge >= 0.3 is 12.2 Å². The molecule has 0 fully saturated rings. The fraction of sp³-hybridized carbons (Fsp3) is 0.833. The van der Waals surface area contributed by atoms with E-state index in [-0.39, 0.29) is 13.2 Å². The van der Waals surface area contributed by atoms with Gasteiger partial charge in [0.15, 0.2) is 0 Å². The zero-order valence-corrected chi connectivity index (χ0v) is 12.0. The van der Waals surface area contributed by atoms with Crippen LogP contribution in [-0.2, 0) is 4.74 Å². The Labute approximate surface area is 113 Å². The average molecular weight is 276 g/mol. The number of nitrogens with zero attached hydrogens (tertiary/aromatic N) is 1. The predicted octanol–water partition coefficient (Wildman–Crippen LogP) is 1.26. The molecule has 1 atom stereocenters. The van der Waals surface area contributed by atoms with Crippen molar-refractivity contribution in [1.29, 1.82) is 0 Å². The lowest BCUT2D eigenvalue weighted by molar-refractivity contribution is 0.0225. The van der Waals surface area contributed by atoms with E-state index in [9.17, 15) is 9.59 Å². The van der Waals surface area contributed by atoms with Crippen LogP contribution in [0.1, 0.15) is 34.1 Å². The van der Waals surface area contributed by atoms with Crippen LogP contribution < -0.4 is 5.32 Å². The molecule has 7 nitrogen and oxygen atoms in total. The molecule has 0 aliphatic carbocycles. The first kappa shape index (κ1) is 17.5. The smallest absolute Gasteiger partial charge is 0.410 e. The van der Waals surface area contributed by atoms with Gasteiger partial charge in [-0.15, -0.1) is 0 Å². The number of nitrogens with one attached hydrogen (secondary N) is 1. The van der Waals surface area contributed by atoms with E-state index in [0.29, 0.717) is 13.0 Å². The highest BCUT2D eigenvalue weighted by Gasteiger charge is 2.23. The van der Waals surface area contributed by atoms with E-state index in [2.05, 4.69) is 5.32 Å². The largest absolute Gasteiger partial charge is 0.465 e. The van der Waals surface area contributed by atoms with Gasteiger partial charge in [0.05, 0.1) is 0 Å². The lowest BCUT2D eigenvalue weighted by atomic mass is 10.2. The highest BCUT2D eigenvalue weighted by atomic mass is 16.6. The van der Waals surface area contributed by atoms with Crippen molar-refractivity contribution in [3.63, 3.8) is 0 Å². The summed E-state index contributed by atoms with van der Waals surface area (Å²) >= 11 is 0. The lowest BCUT2D eigenvalue weighted by Crippen LogP contribution is -2.46. The van der Waals surface area contributed by atoms with Crippen LogP contribution in [0.2, 0.25) is 0 Å². The van der Waals surface area contributed by atoms with Crippen LogP contribution in [0.25, 0.3) is 0 Å². The normalized spacial score (nSPS) is 12.7. The first-order valence-electron chi connectivity index (χ1n) is 6.24. The summed E-state index contributed by atoms with van der Waals surface area (Å²) in [6.45, 7) is 7.40. The van der Waals surface area contributed by atoms with Crippen LogP contribution in [0.15, 0.2) is 0 Å². The predicted molar refractivity (Wildman–Crippen MR) is 70.1 cm³/mol. The number of carboxylic acid groups (broad SMARTS) is 1. The summed E-state index contributed by atoms with van der Waals surface area (Å²) in [6.07, 6.45) is -1.24. The third-order valence-electron chi connectivity index (χ3n) is 2.10. The van der Waals surface area contributed by atoms with E-state index in [4.69, 9.17) is 14.9 Å². The summed E-state index contributed by atoms with van der Waals surface area (Å²) in [5.41, 5.74) is -0.613. The second kappa shape index (κ2) is 7.83. The summed E-state index contributed by atoms with van der Waals surface area (Å²) in [4.78, 5) is 23.8. The second-order valence-corrected chi connectivity index (χ2v) is 5.35. The van der Waals surface area contributed by atoms with E-state index in [1.54, 1.807) is 27.7 Å². The Morgan fingerprint density at radius 1 is 1.37 bits per heavy atom. The molecule has 0 aromatic heterocycles. The number of rotatable bonds is 6. The molecule has 0 heterocycles. The summed E-state index contributed by atoms with van der Waals surface area (Å²) in [5, 5.41) is 19.7. The molecular weight excluding hydrogens is 252 g/mol. The molecule has 7 heteroatoms. The van der Waals surface area contributed by atoms with E-state index in [1.165, 1.54) is 4.90 Å². The second-order valence-electron chi connectivity index (χ2n) is 5.35. The van der Waals surface area contributed by atoms with Crippen molar-refractivity contribution >= 4 is 12.2 Å². The van der Waals surface area contributed by atoms with Gasteiger partial charge in [0.2, 0.25) is 0 Å². The van der Waals surface area contributed by atoms with Crippen molar-refractivity contribution < 1.29 is 24.5 Å². The molecule has 0 aromatic carbocycles. The topological polar surface area (TPSA) is 99.1 Å². The van der Waals surface area contributed by atoms with Crippen molar-refractivity contribution in [1.82, 2.24) is 10.2 Å². The first-order chi connectivity index (χ1) is 8.65. The Morgan fingerprint density at radius 2 is 1.95 bits per heavy atom. The Hall–Kier alpha value is -1.50. The quantitative estimate of drug-likeness (QED) is 0.678. The van der Waals surface area contributed by atoms with E-state index < -0.39 is 23.8 Å². The number of carbonyl (C=O) groups is 2. The molecule has 112 valence electrons. The Balaban J connectivity index is 4.52. The molecule has 0 saturated carbocycles. The number of carbonyl (C=O) groups excluding carboxylic acids is 1. The number of aliphatic hydroxyl groups is 1. The van der Waals surface area contributed by atoms with Crippen LogP contribution in [-0.4, -0.2) is 58.6 Å². The van der Waals surface area contributed by atoms with E-state index >= 15 is 0 Å². The van der Waals surface area contributed by atoms with Gasteiger partial charge in [0.1, 0.15) is 5.60 Å². The van der Waals surface area contributed by atoms with Crippen LogP contribution in [0, 0.1) is 0 Å². The minimum atomic E-state index is -1.14. The van der Waals surface area contributed by atoms with Gasteiger partial charge in [0.25, 0.3) is 0 Å². The number of hydrogen-bond acceptors (Lipinski definition) is 4. The van der Waals surface area contributed by atoms with Crippen molar-refractivity contribution in [3.05, 3.63) is 0 Å². The average Bonchev–Trinajstić information content (AvgIpc) is 2.20. The number of hydrogen-bond donors (Lipinski definition) is 3. The van der Waals surface area contributed by atoms with Gasteiger partial charge < -0.3 is 25.2 Å². The van der Waals surface area contributed by atoms with Crippen molar-refractivity contribution in [2.24, 2.45) is 0 Å². The molecule has 0 radical (unpaired) electrons. The maximum atomic E-state index is 11.9. The molecule has 3 N–H and O–H groups in total. The van der Waals surface area contributed by atoms with Crippen molar-refractivity contribution in [3.8, 4) is 0 Å². The summed E-state index contributed by atoms with van der Waals surface area (Å²) < 4.78 is 5.23. The SMILES string of the molecule is C[C@H](CN(CCCO)C(=O)OC(C)(C)C)NC(=O)O. The molecule has 0 aromatic rings. The maximum Gasteiger partial charge on any atom is 0.410 e. The van der Waals surface area contributed by atoms with Crippen LogP contribution in [0.5, 0.6) is 0 Å². The molecule has 0 aliphatic heterocycles. The fourth-order valence-corrected chi connectivity index (χ4v) is 1.43. The monoisotopic (exact) mass is 276 g/mol. The summed E-state index contributed by atoms with van der Waals surface area (Å²) in [6, 6.07) is -0.413. The molecule has 0 bridgehead atoms. The highest BCUT2D eigenvalue weighted by Crippen LogP contribution is 2.10. The van der Waals surface area contributed by atoms with Crippen LogP contribution in [0.4, 0.5) is 9.59 Å². The highest BCUT2D eigenvalue weighted by molar-refractivity contribution is 5.68. The number of amides is 2. The lowest BCUT2D eigenvalue weighted by Gasteiger charge is -2.29. The fourth-order valence-electron chi connectivity index (χ4n) is 1.43. The van der Waals surface area contributed by atoms with Crippen LogP contribution >= 0.6 is 0 Å². The third kappa shape index (κ3) is 9.12. The zero-order chi connectivity index (χ0) is 15.1. The third-order valence-corrected chi connectivity index (χ3v) is 2.10. The van der Waals surface area contributed by atoms with E-state index in [0.717, 1.165) is 0 Å². The molecule has 0 unspecified atom stereocenters. The van der Waals surface area contributed by atoms with Crippen molar-refractivity contribution in [2.75, 3.05) is 19.7 Å². The Bertz CT molecular complexity index is 301. The van der Waals surface area contributed by atoms with Gasteiger partial charge in [0, 0.05) is 25.7 Å². The standard InChI is InChI=1S/C12H24N2O5/c1-9(13-10(16)17)8-14(6-5-7-15)11(18)19-12(2,3)4/h9,13,15H,5-8H2,1-4H3,(H,16,17)/t9-/m1/s1. The van der Waals surface area contributed by atoms with Gasteiger partial charge in [-0.3, -0.25) is 0 Å². The van der Waals surface area contributed by atoms with Gasteiger partial charge in [-0.2, -0.15) is 0 Å². The Kier molecular flexibility index (Phi) is 7.21. The minimum Gasteiger partial charge on any atom is -0.465 e. The summed E-state index contributed by atoms with van der Waals surface area (Å²) in [7, 11) is 0. The van der Waals surface area contributed by atoms with Gasteiger partial charge in [-0.05, 0) is 34.1 Å². The first-order valence-corrected chi connectivity index (χ1v) is 6.24. The molecule has 0 saturated heterocycles. The zero-order valence-electron chi connectivity index (χ0n) is 12.0. The maximum absolute atomic E-state index is 11.9. The molecule has 0 aliphatic rings. The molecule has 19 heavy (non-hydrogen) atoms. The van der Waals surface area contributed by atoms with Gasteiger partial charge in [-0.1, -0.05) is 0 Å². The number of aliphatic hydroxyl groups excluding tert-OH is 1. The number of ether oxygens (including phenoxy) is 1. The molecule has 0 rings (SSSR count). The molecular formula is C12H24N2O5. The Morgan fingerprint density at radius 3 is 2.37 bits per heavy atom. The molecule has 2 amide bonds. The minimum absolute atomic E-state index is 0.0416. The van der Waals surface area contributed by atoms with Gasteiger partial charge in [-0.25, -0.2) is 9.59 Å². The van der Waals surface area contributed by atoms with E-state index in [1.807, 2.05) is 0 Å². The summed E-state index contributed by atoms with van der Waals surface area (Å²) in [5.74, 6) is 0.